The van der Waals surface area contributed by atoms with Crippen LogP contribution in [0.1, 0.15) is 44.2 Å². The van der Waals surface area contributed by atoms with Gasteiger partial charge in [-0.15, -0.1) is 0 Å². The van der Waals surface area contributed by atoms with Crippen LogP contribution in [0, 0.1) is 6.92 Å². The molecule has 0 bridgehead atoms. The van der Waals surface area contributed by atoms with Crippen LogP contribution in [0.4, 0.5) is 0 Å². The Bertz CT molecular complexity index is 454. The predicted molar refractivity (Wildman–Crippen MR) is 75.2 cm³/mol. The highest BCUT2D eigenvalue weighted by atomic mass is 16.5. The van der Waals surface area contributed by atoms with E-state index < -0.39 is 0 Å². The lowest BCUT2D eigenvalue weighted by atomic mass is 9.94. The number of carbonyl (C=O) groups is 1. The van der Waals surface area contributed by atoms with Crippen molar-refractivity contribution in [1.82, 2.24) is 0 Å². The largest absolute Gasteiger partial charge is 0.496 e. The van der Waals surface area contributed by atoms with Crippen LogP contribution in [0.3, 0.4) is 0 Å². The number of ketones is 1. The summed E-state index contributed by atoms with van der Waals surface area (Å²) >= 11 is 0. The van der Waals surface area contributed by atoms with Crippen LogP contribution in [-0.2, 0) is 4.79 Å². The molecule has 0 fully saturated rings. The zero-order valence-corrected chi connectivity index (χ0v) is 11.9. The molecule has 0 radical (unpaired) electrons. The van der Waals surface area contributed by atoms with Gasteiger partial charge in [0.15, 0.2) is 5.78 Å². The minimum absolute atomic E-state index is 0.182. The molecule has 0 aromatic heterocycles. The molecule has 0 aliphatic rings. The van der Waals surface area contributed by atoms with Crippen LogP contribution >= 0.6 is 0 Å². The van der Waals surface area contributed by atoms with E-state index in [0.29, 0.717) is 6.42 Å². The van der Waals surface area contributed by atoms with Crippen molar-refractivity contribution in [2.24, 2.45) is 0 Å². The molecule has 1 unspecified atom stereocenters. The fourth-order valence-electron chi connectivity index (χ4n) is 1.94. The van der Waals surface area contributed by atoms with Crippen molar-refractivity contribution in [1.29, 1.82) is 0 Å². The van der Waals surface area contributed by atoms with E-state index in [0.717, 1.165) is 22.4 Å². The van der Waals surface area contributed by atoms with Crippen LogP contribution in [0.5, 0.6) is 5.75 Å². The zero-order valence-electron chi connectivity index (χ0n) is 11.9. The number of allylic oxidation sites excluding steroid dienone is 2. The molecule has 18 heavy (non-hydrogen) atoms. The lowest BCUT2D eigenvalue weighted by Gasteiger charge is -2.13. The molecule has 0 aliphatic carbocycles. The van der Waals surface area contributed by atoms with Gasteiger partial charge in [-0.05, 0) is 50.0 Å². The second kappa shape index (κ2) is 6.39. The first-order chi connectivity index (χ1) is 8.43. The molecule has 1 atom stereocenters. The summed E-state index contributed by atoms with van der Waals surface area (Å²) in [5.41, 5.74) is 3.31. The predicted octanol–water partition coefficient (Wildman–Crippen LogP) is 4.03. The number of ether oxygens (including phenoxy) is 1. The maximum atomic E-state index is 11.8. The molecular weight excluding hydrogens is 224 g/mol. The first-order valence-electron chi connectivity index (χ1n) is 6.26. The van der Waals surface area contributed by atoms with Gasteiger partial charge in [0, 0.05) is 6.42 Å². The highest BCUT2D eigenvalue weighted by Gasteiger charge is 2.11. The average molecular weight is 246 g/mol. The molecule has 2 nitrogen and oxygen atoms in total. The Morgan fingerprint density at radius 1 is 1.39 bits per heavy atom. The molecule has 0 heterocycles. The smallest absolute Gasteiger partial charge is 0.156 e. The lowest BCUT2D eigenvalue weighted by Crippen LogP contribution is -2.03. The van der Waals surface area contributed by atoms with Crippen molar-refractivity contribution in [3.8, 4) is 5.75 Å². The molecule has 0 saturated heterocycles. The van der Waals surface area contributed by atoms with E-state index in [1.165, 1.54) is 0 Å². The lowest BCUT2D eigenvalue weighted by molar-refractivity contribution is -0.114. The van der Waals surface area contributed by atoms with Crippen molar-refractivity contribution in [2.75, 3.05) is 7.11 Å². The highest BCUT2D eigenvalue weighted by Crippen LogP contribution is 2.26. The Balaban J connectivity index is 2.81. The van der Waals surface area contributed by atoms with Gasteiger partial charge in [-0.25, -0.2) is 0 Å². The molecular formula is C16H22O2. The van der Waals surface area contributed by atoms with Gasteiger partial charge in [0.05, 0.1) is 7.11 Å². The van der Waals surface area contributed by atoms with Crippen molar-refractivity contribution in [3.63, 3.8) is 0 Å². The van der Waals surface area contributed by atoms with E-state index in [1.54, 1.807) is 13.2 Å². The minimum Gasteiger partial charge on any atom is -0.496 e. The Labute approximate surface area is 110 Å². The standard InChI is InChI=1S/C16H22O2/c1-11(2)8-15(17)9-13(4)14-7-6-12(3)16(10-14)18-5/h6-8,10,13H,9H2,1-5H3. The van der Waals surface area contributed by atoms with Gasteiger partial charge in [-0.2, -0.15) is 0 Å². The number of aryl methyl sites for hydroxylation is 1. The molecule has 2 heteroatoms. The van der Waals surface area contributed by atoms with Crippen LogP contribution < -0.4 is 4.74 Å². The van der Waals surface area contributed by atoms with Crippen LogP contribution in [0.15, 0.2) is 29.8 Å². The highest BCUT2D eigenvalue weighted by molar-refractivity contribution is 5.90. The number of methoxy groups -OCH3 is 1. The Morgan fingerprint density at radius 2 is 2.06 bits per heavy atom. The SMILES string of the molecule is COc1cc(C(C)CC(=O)C=C(C)C)ccc1C. The monoisotopic (exact) mass is 246 g/mol. The van der Waals surface area contributed by atoms with E-state index in [9.17, 15) is 4.79 Å². The summed E-state index contributed by atoms with van der Waals surface area (Å²) in [5.74, 6) is 1.28. The second-order valence-electron chi connectivity index (χ2n) is 5.02. The molecule has 0 spiro atoms. The second-order valence-corrected chi connectivity index (χ2v) is 5.02. The van der Waals surface area contributed by atoms with Gasteiger partial charge in [0.1, 0.15) is 5.75 Å². The third-order valence-corrected chi connectivity index (χ3v) is 2.96. The van der Waals surface area contributed by atoms with E-state index in [2.05, 4.69) is 13.0 Å². The van der Waals surface area contributed by atoms with Crippen molar-refractivity contribution in [3.05, 3.63) is 41.0 Å². The summed E-state index contributed by atoms with van der Waals surface area (Å²) in [6.45, 7) is 7.97. The summed E-state index contributed by atoms with van der Waals surface area (Å²) in [5, 5.41) is 0. The first kappa shape index (κ1) is 14.5. The van der Waals surface area contributed by atoms with Gasteiger partial charge in [-0.3, -0.25) is 4.79 Å². The Morgan fingerprint density at radius 3 is 2.61 bits per heavy atom. The quantitative estimate of drug-likeness (QED) is 0.733. The fourth-order valence-corrected chi connectivity index (χ4v) is 1.94. The summed E-state index contributed by atoms with van der Waals surface area (Å²) in [4.78, 5) is 11.8. The van der Waals surface area contributed by atoms with Crippen LogP contribution in [-0.4, -0.2) is 12.9 Å². The number of carbonyl (C=O) groups excluding carboxylic acids is 1. The number of rotatable bonds is 5. The Kier molecular flexibility index (Phi) is 5.14. The normalized spacial score (nSPS) is 11.8. The van der Waals surface area contributed by atoms with Gasteiger partial charge >= 0.3 is 0 Å². The maximum Gasteiger partial charge on any atom is 0.156 e. The molecule has 98 valence electrons. The van der Waals surface area contributed by atoms with Crippen LogP contribution in [0.2, 0.25) is 0 Å². The van der Waals surface area contributed by atoms with Crippen molar-refractivity contribution >= 4 is 5.78 Å². The Hall–Kier alpha value is -1.57. The summed E-state index contributed by atoms with van der Waals surface area (Å²) in [7, 11) is 1.67. The number of benzene rings is 1. The van der Waals surface area contributed by atoms with E-state index in [4.69, 9.17) is 4.74 Å². The number of hydrogen-bond acceptors (Lipinski definition) is 2. The molecule has 0 N–H and O–H groups in total. The minimum atomic E-state index is 0.182. The maximum absolute atomic E-state index is 11.8. The molecule has 1 aromatic carbocycles. The molecule has 1 rings (SSSR count). The van der Waals surface area contributed by atoms with Gasteiger partial charge in [-0.1, -0.05) is 24.6 Å². The topological polar surface area (TPSA) is 26.3 Å². The summed E-state index contributed by atoms with van der Waals surface area (Å²) in [6, 6.07) is 6.13. The summed E-state index contributed by atoms with van der Waals surface area (Å²) in [6.07, 6.45) is 2.25. The van der Waals surface area contributed by atoms with Crippen LogP contribution in [0.25, 0.3) is 0 Å². The van der Waals surface area contributed by atoms with Gasteiger partial charge in [0.2, 0.25) is 0 Å². The summed E-state index contributed by atoms with van der Waals surface area (Å²) < 4.78 is 5.31. The average Bonchev–Trinajstić information content (AvgIpc) is 2.28. The van der Waals surface area contributed by atoms with Crippen molar-refractivity contribution < 1.29 is 9.53 Å². The molecule has 0 saturated carbocycles. The third-order valence-electron chi connectivity index (χ3n) is 2.96. The fraction of sp³-hybridized carbons (Fsp3) is 0.438. The zero-order chi connectivity index (χ0) is 13.7. The van der Waals surface area contributed by atoms with E-state index in [1.807, 2.05) is 32.9 Å². The first-order valence-corrected chi connectivity index (χ1v) is 6.26. The van der Waals surface area contributed by atoms with E-state index in [-0.39, 0.29) is 11.7 Å². The molecule has 1 aromatic rings. The van der Waals surface area contributed by atoms with Crippen molar-refractivity contribution in [2.45, 2.75) is 40.0 Å². The molecule has 0 aliphatic heterocycles. The van der Waals surface area contributed by atoms with Gasteiger partial charge < -0.3 is 4.74 Å². The third kappa shape index (κ3) is 4.02. The number of hydrogen-bond donors (Lipinski definition) is 0. The van der Waals surface area contributed by atoms with E-state index >= 15 is 0 Å². The molecule has 0 amide bonds. The van der Waals surface area contributed by atoms with Gasteiger partial charge in [0.25, 0.3) is 0 Å².